The third kappa shape index (κ3) is 4.69. The van der Waals surface area contributed by atoms with Crippen molar-refractivity contribution in [1.29, 1.82) is 0 Å². The van der Waals surface area contributed by atoms with Gasteiger partial charge >= 0.3 is 5.97 Å². The molecule has 7 nitrogen and oxygen atoms in total. The first-order chi connectivity index (χ1) is 9.97. The average Bonchev–Trinajstić information content (AvgIpc) is 2.97. The third-order valence-electron chi connectivity index (χ3n) is 2.94. The summed E-state index contributed by atoms with van der Waals surface area (Å²) < 4.78 is 37.7. The van der Waals surface area contributed by atoms with Gasteiger partial charge in [-0.1, -0.05) is 0 Å². The van der Waals surface area contributed by atoms with Gasteiger partial charge in [0.15, 0.2) is 6.10 Å². The molecular weight excluding hydrogens is 298 g/mol. The SMILES string of the molecule is NS(=O)(=O)c1ccc(OCCOC(=O)[C@@H]2CCCO2)cc1. The lowest BCUT2D eigenvalue weighted by Gasteiger charge is -2.10. The maximum absolute atomic E-state index is 11.5. The second-order valence-electron chi connectivity index (χ2n) is 4.53. The van der Waals surface area contributed by atoms with Crippen molar-refractivity contribution in [3.05, 3.63) is 24.3 Å². The van der Waals surface area contributed by atoms with Gasteiger partial charge in [-0.3, -0.25) is 0 Å². The summed E-state index contributed by atoms with van der Waals surface area (Å²) in [5, 5.41) is 4.98. The summed E-state index contributed by atoms with van der Waals surface area (Å²) in [6, 6.07) is 5.68. The number of primary sulfonamides is 1. The maximum atomic E-state index is 11.5. The third-order valence-corrected chi connectivity index (χ3v) is 3.87. The first kappa shape index (κ1) is 15.7. The molecule has 1 aliphatic rings. The Morgan fingerprint density at radius 1 is 1.29 bits per heavy atom. The van der Waals surface area contributed by atoms with Crippen LogP contribution in [0.1, 0.15) is 12.8 Å². The highest BCUT2D eigenvalue weighted by molar-refractivity contribution is 7.89. The molecule has 2 N–H and O–H groups in total. The summed E-state index contributed by atoms with van der Waals surface area (Å²) in [5.41, 5.74) is 0. The number of nitrogens with two attached hydrogens (primary N) is 1. The van der Waals surface area contributed by atoms with Gasteiger partial charge in [0.25, 0.3) is 0 Å². The smallest absolute Gasteiger partial charge is 0.335 e. The number of carbonyl (C=O) groups excluding carboxylic acids is 1. The molecular formula is C13H17NO6S. The molecule has 8 heteroatoms. The molecule has 1 atom stereocenters. The van der Waals surface area contributed by atoms with Crippen LogP contribution in [-0.2, 0) is 24.3 Å². The number of carbonyl (C=O) groups is 1. The monoisotopic (exact) mass is 315 g/mol. The number of ether oxygens (including phenoxy) is 3. The molecule has 0 spiro atoms. The molecule has 0 amide bonds. The lowest BCUT2D eigenvalue weighted by atomic mass is 10.2. The fourth-order valence-electron chi connectivity index (χ4n) is 1.88. The number of hydrogen-bond acceptors (Lipinski definition) is 6. The predicted octanol–water partition coefficient (Wildman–Crippen LogP) is 0.435. The molecule has 1 aliphatic heterocycles. The topological polar surface area (TPSA) is 105 Å². The minimum absolute atomic E-state index is 0.0136. The Labute approximate surface area is 123 Å². The van der Waals surface area contributed by atoms with Gasteiger partial charge in [-0.05, 0) is 37.1 Å². The van der Waals surface area contributed by atoms with Crippen LogP contribution in [0.25, 0.3) is 0 Å². The quantitative estimate of drug-likeness (QED) is 0.603. The molecule has 0 aromatic heterocycles. The molecule has 0 aliphatic carbocycles. The standard InChI is InChI=1S/C13H17NO6S/c14-21(16,17)11-5-3-10(4-6-11)18-8-9-20-13(15)12-2-1-7-19-12/h3-6,12H,1-2,7-9H2,(H2,14,16,17)/t12-/m0/s1. The predicted molar refractivity (Wildman–Crippen MR) is 73.2 cm³/mol. The Kier molecular flexibility index (Phi) is 5.16. The normalized spacial score (nSPS) is 18.4. The van der Waals surface area contributed by atoms with E-state index in [1.54, 1.807) is 0 Å². The maximum Gasteiger partial charge on any atom is 0.335 e. The summed E-state index contributed by atoms with van der Waals surface area (Å²) in [7, 11) is -3.70. The zero-order valence-electron chi connectivity index (χ0n) is 11.4. The largest absolute Gasteiger partial charge is 0.490 e. The van der Waals surface area contributed by atoms with E-state index in [2.05, 4.69) is 0 Å². The van der Waals surface area contributed by atoms with Crippen LogP contribution >= 0.6 is 0 Å². The first-order valence-corrected chi connectivity index (χ1v) is 8.05. The Bertz CT molecular complexity index is 577. The summed E-state index contributed by atoms with van der Waals surface area (Å²) in [5.74, 6) is 0.0937. The van der Waals surface area contributed by atoms with Crippen LogP contribution in [0.4, 0.5) is 0 Å². The first-order valence-electron chi connectivity index (χ1n) is 6.51. The number of esters is 1. The van der Waals surface area contributed by atoms with Gasteiger partial charge in [-0.25, -0.2) is 18.4 Å². The molecule has 0 saturated carbocycles. The van der Waals surface area contributed by atoms with E-state index in [9.17, 15) is 13.2 Å². The Balaban J connectivity index is 1.72. The van der Waals surface area contributed by atoms with Crippen molar-refractivity contribution < 1.29 is 27.4 Å². The van der Waals surface area contributed by atoms with Crippen molar-refractivity contribution in [3.63, 3.8) is 0 Å². The van der Waals surface area contributed by atoms with Crippen LogP contribution in [-0.4, -0.2) is 40.3 Å². The van der Waals surface area contributed by atoms with Crippen molar-refractivity contribution in [3.8, 4) is 5.75 Å². The van der Waals surface area contributed by atoms with Crippen molar-refractivity contribution in [2.24, 2.45) is 5.14 Å². The van der Waals surface area contributed by atoms with Crippen LogP contribution < -0.4 is 9.88 Å². The molecule has 1 aromatic carbocycles. The van der Waals surface area contributed by atoms with Crippen LogP contribution in [0.15, 0.2) is 29.2 Å². The van der Waals surface area contributed by atoms with E-state index in [1.807, 2.05) is 0 Å². The Morgan fingerprint density at radius 2 is 2.00 bits per heavy atom. The lowest BCUT2D eigenvalue weighted by Crippen LogP contribution is -2.24. The zero-order valence-corrected chi connectivity index (χ0v) is 12.2. The van der Waals surface area contributed by atoms with E-state index in [0.717, 1.165) is 6.42 Å². The molecule has 1 saturated heterocycles. The van der Waals surface area contributed by atoms with Gasteiger partial charge in [0.05, 0.1) is 4.90 Å². The van der Waals surface area contributed by atoms with Crippen LogP contribution in [0.5, 0.6) is 5.75 Å². The summed E-state index contributed by atoms with van der Waals surface area (Å²) in [6.07, 6.45) is 1.10. The highest BCUT2D eigenvalue weighted by Gasteiger charge is 2.24. The van der Waals surface area contributed by atoms with Gasteiger partial charge in [-0.15, -0.1) is 0 Å². The Hall–Kier alpha value is -1.64. The number of hydrogen-bond donors (Lipinski definition) is 1. The van der Waals surface area contributed by atoms with Crippen molar-refractivity contribution in [1.82, 2.24) is 0 Å². The number of sulfonamides is 1. The van der Waals surface area contributed by atoms with Gasteiger partial charge in [-0.2, -0.15) is 0 Å². The van der Waals surface area contributed by atoms with Crippen molar-refractivity contribution in [2.75, 3.05) is 19.8 Å². The minimum atomic E-state index is -3.70. The van der Waals surface area contributed by atoms with Crippen LogP contribution in [0, 0.1) is 0 Å². The molecule has 1 heterocycles. The van der Waals surface area contributed by atoms with Crippen LogP contribution in [0.3, 0.4) is 0 Å². The molecule has 0 bridgehead atoms. The molecule has 1 aromatic rings. The molecule has 0 unspecified atom stereocenters. The van der Waals surface area contributed by atoms with Crippen LogP contribution in [0.2, 0.25) is 0 Å². The second kappa shape index (κ2) is 6.88. The minimum Gasteiger partial charge on any atom is -0.490 e. The highest BCUT2D eigenvalue weighted by atomic mass is 32.2. The fraction of sp³-hybridized carbons (Fsp3) is 0.462. The van der Waals surface area contributed by atoms with Gasteiger partial charge in [0.2, 0.25) is 10.0 Å². The summed E-state index contributed by atoms with van der Waals surface area (Å²) >= 11 is 0. The van der Waals surface area contributed by atoms with E-state index in [4.69, 9.17) is 19.3 Å². The van der Waals surface area contributed by atoms with Crippen molar-refractivity contribution in [2.45, 2.75) is 23.8 Å². The summed E-state index contributed by atoms with van der Waals surface area (Å²) in [4.78, 5) is 11.5. The van der Waals surface area contributed by atoms with Gasteiger partial charge < -0.3 is 14.2 Å². The van der Waals surface area contributed by atoms with E-state index >= 15 is 0 Å². The average molecular weight is 315 g/mol. The number of benzene rings is 1. The zero-order chi connectivity index (χ0) is 15.3. The summed E-state index contributed by atoms with van der Waals surface area (Å²) in [6.45, 7) is 0.871. The van der Waals surface area contributed by atoms with Gasteiger partial charge in [0.1, 0.15) is 19.0 Å². The highest BCUT2D eigenvalue weighted by Crippen LogP contribution is 2.15. The van der Waals surface area contributed by atoms with Crippen molar-refractivity contribution >= 4 is 16.0 Å². The lowest BCUT2D eigenvalue weighted by molar-refractivity contribution is -0.154. The van der Waals surface area contributed by atoms with E-state index < -0.39 is 16.1 Å². The molecule has 2 rings (SSSR count). The molecule has 1 fully saturated rings. The Morgan fingerprint density at radius 3 is 2.57 bits per heavy atom. The van der Waals surface area contributed by atoms with E-state index in [-0.39, 0.29) is 24.1 Å². The molecule has 0 radical (unpaired) electrons. The van der Waals surface area contributed by atoms with Gasteiger partial charge in [0, 0.05) is 6.61 Å². The molecule has 116 valence electrons. The fourth-order valence-corrected chi connectivity index (χ4v) is 2.40. The number of rotatable bonds is 6. The van der Waals surface area contributed by atoms with E-state index in [1.165, 1.54) is 24.3 Å². The second-order valence-corrected chi connectivity index (χ2v) is 6.10. The molecule has 21 heavy (non-hydrogen) atoms. The van der Waals surface area contributed by atoms with E-state index in [0.29, 0.717) is 18.8 Å².